The third kappa shape index (κ3) is 4.99. The zero-order valence-corrected chi connectivity index (χ0v) is 18.5. The van der Waals surface area contributed by atoms with Crippen molar-refractivity contribution in [2.75, 3.05) is 36.4 Å². The monoisotopic (exact) mass is 463 g/mol. The van der Waals surface area contributed by atoms with Crippen LogP contribution in [0.5, 0.6) is 0 Å². The summed E-state index contributed by atoms with van der Waals surface area (Å²) in [5.74, 6) is -1.97. The molecule has 4 rings (SSSR count). The molecule has 2 N–H and O–H groups in total. The van der Waals surface area contributed by atoms with Gasteiger partial charge in [0.2, 0.25) is 0 Å². The number of halogens is 1. The van der Waals surface area contributed by atoms with Crippen LogP contribution in [0.1, 0.15) is 31.1 Å². The normalized spacial score (nSPS) is 13.5. The first-order valence-electron chi connectivity index (χ1n) is 10.5. The lowest BCUT2D eigenvalue weighted by Gasteiger charge is -2.36. The molecule has 8 heteroatoms. The van der Waals surface area contributed by atoms with Gasteiger partial charge in [0.25, 0.3) is 11.8 Å². The lowest BCUT2D eigenvalue weighted by atomic mass is 10.1. The molecule has 0 aromatic heterocycles. The maximum absolute atomic E-state index is 13.3. The summed E-state index contributed by atoms with van der Waals surface area (Å²) >= 11 is 6.10. The molecule has 0 spiro atoms. The van der Waals surface area contributed by atoms with Gasteiger partial charge in [0, 0.05) is 36.9 Å². The van der Waals surface area contributed by atoms with E-state index < -0.39 is 11.9 Å². The number of carboxylic acid groups (broad SMARTS) is 1. The van der Waals surface area contributed by atoms with Gasteiger partial charge >= 0.3 is 5.97 Å². The van der Waals surface area contributed by atoms with Gasteiger partial charge in [0.1, 0.15) is 0 Å². The Morgan fingerprint density at radius 1 is 0.788 bits per heavy atom. The fourth-order valence-corrected chi connectivity index (χ4v) is 4.03. The van der Waals surface area contributed by atoms with Gasteiger partial charge in [-0.25, -0.2) is 4.79 Å². The van der Waals surface area contributed by atoms with Crippen molar-refractivity contribution < 1.29 is 19.5 Å². The van der Waals surface area contributed by atoms with Gasteiger partial charge in [0.15, 0.2) is 0 Å². The Balaban J connectivity index is 1.48. The zero-order chi connectivity index (χ0) is 23.4. The minimum Gasteiger partial charge on any atom is -0.478 e. The quantitative estimate of drug-likeness (QED) is 0.590. The lowest BCUT2D eigenvalue weighted by Crippen LogP contribution is -2.49. The molecule has 0 atom stereocenters. The molecular weight excluding hydrogens is 442 g/mol. The van der Waals surface area contributed by atoms with E-state index in [0.29, 0.717) is 42.5 Å². The highest BCUT2D eigenvalue weighted by molar-refractivity contribution is 6.30. The fraction of sp³-hybridized carbons (Fsp3) is 0.160. The molecule has 1 heterocycles. The van der Waals surface area contributed by atoms with E-state index in [1.807, 2.05) is 24.3 Å². The number of nitrogens with one attached hydrogen (secondary N) is 1. The van der Waals surface area contributed by atoms with Crippen molar-refractivity contribution >= 4 is 40.8 Å². The van der Waals surface area contributed by atoms with Crippen molar-refractivity contribution in [1.82, 2.24) is 4.90 Å². The second-order valence-electron chi connectivity index (χ2n) is 7.61. The van der Waals surface area contributed by atoms with Gasteiger partial charge in [-0.3, -0.25) is 9.59 Å². The third-order valence-corrected chi connectivity index (χ3v) is 5.78. The maximum Gasteiger partial charge on any atom is 0.336 e. The van der Waals surface area contributed by atoms with Gasteiger partial charge in [0.05, 0.1) is 22.4 Å². The Morgan fingerprint density at radius 2 is 1.42 bits per heavy atom. The molecule has 2 amide bonds. The molecule has 7 nitrogen and oxygen atoms in total. The number of carbonyl (C=O) groups excluding carboxylic acids is 2. The van der Waals surface area contributed by atoms with Crippen LogP contribution in [0, 0.1) is 0 Å². The van der Waals surface area contributed by atoms with E-state index in [0.717, 1.165) is 5.69 Å². The summed E-state index contributed by atoms with van der Waals surface area (Å²) in [5, 5.41) is 12.7. The topological polar surface area (TPSA) is 89.9 Å². The molecule has 33 heavy (non-hydrogen) atoms. The summed E-state index contributed by atoms with van der Waals surface area (Å²) in [6, 6.07) is 20.3. The molecule has 0 radical (unpaired) electrons. The number of benzene rings is 3. The number of para-hydroxylation sites is 1. The molecule has 1 saturated heterocycles. The number of piperazine rings is 1. The van der Waals surface area contributed by atoms with Gasteiger partial charge in [-0.1, -0.05) is 41.9 Å². The molecule has 3 aromatic carbocycles. The van der Waals surface area contributed by atoms with Gasteiger partial charge in [-0.05, 0) is 42.5 Å². The van der Waals surface area contributed by atoms with Crippen LogP contribution in [0.25, 0.3) is 0 Å². The van der Waals surface area contributed by atoms with Crippen LogP contribution in [0.4, 0.5) is 11.4 Å². The highest BCUT2D eigenvalue weighted by atomic mass is 35.5. The Morgan fingerprint density at radius 3 is 2.09 bits per heavy atom. The van der Waals surface area contributed by atoms with E-state index in [-0.39, 0.29) is 17.0 Å². The molecule has 0 saturated carbocycles. The van der Waals surface area contributed by atoms with Crippen LogP contribution in [-0.2, 0) is 0 Å². The average Bonchev–Trinajstić information content (AvgIpc) is 2.84. The van der Waals surface area contributed by atoms with Crippen molar-refractivity contribution in [2.24, 2.45) is 0 Å². The summed E-state index contributed by atoms with van der Waals surface area (Å²) in [6.07, 6.45) is 0. The predicted molar refractivity (Wildman–Crippen MR) is 127 cm³/mol. The molecule has 0 unspecified atom stereocenters. The maximum atomic E-state index is 13.3. The number of aromatic carboxylic acids is 1. The Hall–Kier alpha value is -3.84. The zero-order valence-electron chi connectivity index (χ0n) is 17.7. The first kappa shape index (κ1) is 22.4. The van der Waals surface area contributed by atoms with Crippen LogP contribution < -0.4 is 10.2 Å². The smallest absolute Gasteiger partial charge is 0.336 e. The van der Waals surface area contributed by atoms with Crippen LogP contribution in [0.15, 0.2) is 72.8 Å². The first-order chi connectivity index (χ1) is 15.9. The minimum absolute atomic E-state index is 0.0300. The van der Waals surface area contributed by atoms with Gasteiger partial charge < -0.3 is 20.2 Å². The van der Waals surface area contributed by atoms with Gasteiger partial charge in [-0.2, -0.15) is 0 Å². The van der Waals surface area contributed by atoms with E-state index >= 15 is 0 Å². The molecule has 1 fully saturated rings. The van der Waals surface area contributed by atoms with Gasteiger partial charge in [-0.15, -0.1) is 0 Å². The molecule has 0 aliphatic carbocycles. The van der Waals surface area contributed by atoms with Crippen molar-refractivity contribution in [3.63, 3.8) is 0 Å². The number of hydrogen-bond acceptors (Lipinski definition) is 4. The number of anilines is 2. The summed E-state index contributed by atoms with van der Waals surface area (Å²) in [6.45, 7) is 2.37. The fourth-order valence-electron chi connectivity index (χ4n) is 3.85. The lowest BCUT2D eigenvalue weighted by molar-refractivity contribution is 0.0691. The number of amides is 2. The molecule has 168 valence electrons. The summed E-state index contributed by atoms with van der Waals surface area (Å²) in [5.41, 5.74) is 1.64. The number of carboxylic acids is 1. The summed E-state index contributed by atoms with van der Waals surface area (Å²) in [4.78, 5) is 41.4. The average molecular weight is 464 g/mol. The second-order valence-corrected chi connectivity index (χ2v) is 8.05. The Bertz CT molecular complexity index is 1210. The van der Waals surface area contributed by atoms with Crippen molar-refractivity contribution in [3.8, 4) is 0 Å². The first-order valence-corrected chi connectivity index (χ1v) is 10.8. The molecule has 0 bridgehead atoms. The van der Waals surface area contributed by atoms with E-state index in [1.54, 1.807) is 41.3 Å². The summed E-state index contributed by atoms with van der Waals surface area (Å²) < 4.78 is 0. The van der Waals surface area contributed by atoms with E-state index in [1.165, 1.54) is 12.1 Å². The third-order valence-electron chi connectivity index (χ3n) is 5.55. The molecular formula is C25H22ClN3O4. The highest BCUT2D eigenvalue weighted by Crippen LogP contribution is 2.23. The standard InChI is InChI=1S/C25H22ClN3O4/c26-17-6-5-7-18(16-17)28-12-14-29(15-13-28)24(31)21-10-3-4-11-22(21)27-23(30)19-8-1-2-9-20(19)25(32)33/h1-11,16H,12-15H2,(H,27,30)(H,32,33). The predicted octanol–water partition coefficient (Wildman–Crippen LogP) is 4.25. The van der Waals surface area contributed by atoms with Crippen molar-refractivity contribution in [2.45, 2.75) is 0 Å². The van der Waals surface area contributed by atoms with E-state index in [9.17, 15) is 19.5 Å². The molecule has 3 aromatic rings. The molecule has 1 aliphatic heterocycles. The number of hydrogen-bond donors (Lipinski definition) is 2. The van der Waals surface area contributed by atoms with Crippen LogP contribution in [0.2, 0.25) is 5.02 Å². The van der Waals surface area contributed by atoms with Crippen LogP contribution in [-0.4, -0.2) is 54.0 Å². The highest BCUT2D eigenvalue weighted by Gasteiger charge is 2.25. The largest absolute Gasteiger partial charge is 0.478 e. The minimum atomic E-state index is -1.19. The van der Waals surface area contributed by atoms with Crippen molar-refractivity contribution in [3.05, 3.63) is 94.5 Å². The Kier molecular flexibility index (Phi) is 6.60. The number of rotatable bonds is 5. The van der Waals surface area contributed by atoms with E-state index in [4.69, 9.17) is 11.6 Å². The van der Waals surface area contributed by atoms with Crippen LogP contribution >= 0.6 is 11.6 Å². The number of carbonyl (C=O) groups is 3. The van der Waals surface area contributed by atoms with Crippen molar-refractivity contribution in [1.29, 1.82) is 0 Å². The number of nitrogens with zero attached hydrogens (tertiary/aromatic N) is 2. The van der Waals surface area contributed by atoms with E-state index in [2.05, 4.69) is 10.2 Å². The Labute approximate surface area is 196 Å². The molecule has 1 aliphatic rings. The SMILES string of the molecule is O=C(O)c1ccccc1C(=O)Nc1ccccc1C(=O)N1CCN(c2cccc(Cl)c2)CC1. The second kappa shape index (κ2) is 9.75. The summed E-state index contributed by atoms with van der Waals surface area (Å²) in [7, 11) is 0. The van der Waals surface area contributed by atoms with Crippen LogP contribution in [0.3, 0.4) is 0 Å².